The number of hydrogen-bond acceptors (Lipinski definition) is 2. The zero-order valence-corrected chi connectivity index (χ0v) is 13.6. The lowest BCUT2D eigenvalue weighted by Gasteiger charge is -2.17. The maximum absolute atomic E-state index is 12.0. The van der Waals surface area contributed by atoms with E-state index in [1.54, 1.807) is 12.1 Å². The Balaban J connectivity index is 1.60. The van der Waals surface area contributed by atoms with Crippen LogP contribution in [0.1, 0.15) is 18.4 Å². The standard InChI is InChI=1S/C19H19ClN2O/c20-18-6-2-1-5-15(18)7-12-19(23)21-16-8-10-17(11-9-16)22-13-3-4-14-22/h1-2,5-12H,3-4,13-14H2,(H,21,23)/b12-7+. The van der Waals surface area contributed by atoms with Gasteiger partial charge in [0.15, 0.2) is 0 Å². The van der Waals surface area contributed by atoms with Crippen molar-refractivity contribution in [1.82, 2.24) is 0 Å². The van der Waals surface area contributed by atoms with Crippen molar-refractivity contribution in [2.24, 2.45) is 0 Å². The van der Waals surface area contributed by atoms with E-state index in [-0.39, 0.29) is 5.91 Å². The molecule has 1 saturated heterocycles. The maximum atomic E-state index is 12.0. The minimum atomic E-state index is -0.168. The Morgan fingerprint density at radius 1 is 1.04 bits per heavy atom. The van der Waals surface area contributed by atoms with E-state index < -0.39 is 0 Å². The van der Waals surface area contributed by atoms with Gasteiger partial charge in [-0.1, -0.05) is 29.8 Å². The summed E-state index contributed by atoms with van der Waals surface area (Å²) in [6, 6.07) is 15.4. The summed E-state index contributed by atoms with van der Waals surface area (Å²) in [6.07, 6.45) is 5.72. The van der Waals surface area contributed by atoms with Gasteiger partial charge in [-0.2, -0.15) is 0 Å². The van der Waals surface area contributed by atoms with E-state index in [4.69, 9.17) is 11.6 Å². The van der Waals surface area contributed by atoms with Gasteiger partial charge in [0.25, 0.3) is 0 Å². The van der Waals surface area contributed by atoms with Gasteiger partial charge in [0.05, 0.1) is 0 Å². The Kier molecular flexibility index (Phi) is 4.99. The van der Waals surface area contributed by atoms with E-state index in [1.165, 1.54) is 24.6 Å². The van der Waals surface area contributed by atoms with Crippen LogP contribution in [0.5, 0.6) is 0 Å². The van der Waals surface area contributed by atoms with E-state index in [0.717, 1.165) is 24.3 Å². The molecule has 1 aliphatic heterocycles. The third-order valence-corrected chi connectivity index (χ3v) is 4.27. The molecule has 118 valence electrons. The molecule has 0 saturated carbocycles. The molecular formula is C19H19ClN2O. The minimum Gasteiger partial charge on any atom is -0.372 e. The number of nitrogens with zero attached hydrogens (tertiary/aromatic N) is 1. The molecule has 0 unspecified atom stereocenters. The normalized spacial score (nSPS) is 14.4. The van der Waals surface area contributed by atoms with Crippen molar-refractivity contribution in [2.75, 3.05) is 23.3 Å². The highest BCUT2D eigenvalue weighted by molar-refractivity contribution is 6.32. The van der Waals surface area contributed by atoms with Crippen LogP contribution >= 0.6 is 11.6 Å². The molecule has 1 fully saturated rings. The summed E-state index contributed by atoms with van der Waals surface area (Å²) in [5, 5.41) is 3.49. The fourth-order valence-corrected chi connectivity index (χ4v) is 2.89. The molecule has 1 N–H and O–H groups in total. The first-order chi connectivity index (χ1) is 11.2. The molecule has 2 aromatic rings. The molecule has 0 radical (unpaired) electrons. The summed E-state index contributed by atoms with van der Waals surface area (Å²) in [6.45, 7) is 2.23. The van der Waals surface area contributed by atoms with Crippen molar-refractivity contribution in [3.63, 3.8) is 0 Å². The zero-order chi connectivity index (χ0) is 16.1. The Hall–Kier alpha value is -2.26. The lowest BCUT2D eigenvalue weighted by Crippen LogP contribution is -2.17. The predicted octanol–water partition coefficient (Wildman–Crippen LogP) is 4.59. The van der Waals surface area contributed by atoms with Crippen LogP contribution in [0, 0.1) is 0 Å². The average Bonchev–Trinajstić information content (AvgIpc) is 3.09. The van der Waals surface area contributed by atoms with Crippen LogP contribution in [-0.4, -0.2) is 19.0 Å². The molecule has 0 atom stereocenters. The third kappa shape index (κ3) is 4.14. The molecule has 0 spiro atoms. The molecule has 23 heavy (non-hydrogen) atoms. The Bertz CT molecular complexity index is 704. The number of carbonyl (C=O) groups is 1. The summed E-state index contributed by atoms with van der Waals surface area (Å²) in [4.78, 5) is 14.4. The third-order valence-electron chi connectivity index (χ3n) is 3.93. The number of rotatable bonds is 4. The van der Waals surface area contributed by atoms with Gasteiger partial charge in [0, 0.05) is 35.6 Å². The molecule has 3 rings (SSSR count). The molecule has 0 aromatic heterocycles. The molecule has 3 nitrogen and oxygen atoms in total. The van der Waals surface area contributed by atoms with Crippen LogP contribution in [0.2, 0.25) is 5.02 Å². The Labute approximate surface area is 141 Å². The highest BCUT2D eigenvalue weighted by Crippen LogP contribution is 2.22. The summed E-state index contributed by atoms with van der Waals surface area (Å²) in [5.41, 5.74) is 2.84. The van der Waals surface area contributed by atoms with E-state index >= 15 is 0 Å². The molecule has 0 aliphatic carbocycles. The number of halogens is 1. The van der Waals surface area contributed by atoms with Gasteiger partial charge in [-0.25, -0.2) is 0 Å². The number of nitrogens with one attached hydrogen (secondary N) is 1. The Morgan fingerprint density at radius 3 is 2.43 bits per heavy atom. The number of anilines is 2. The van der Waals surface area contributed by atoms with Gasteiger partial charge in [0.1, 0.15) is 0 Å². The molecular weight excluding hydrogens is 308 g/mol. The second kappa shape index (κ2) is 7.34. The van der Waals surface area contributed by atoms with Crippen molar-refractivity contribution in [3.05, 3.63) is 65.2 Å². The Morgan fingerprint density at radius 2 is 1.74 bits per heavy atom. The van der Waals surface area contributed by atoms with Crippen LogP contribution < -0.4 is 10.2 Å². The number of carbonyl (C=O) groups excluding carboxylic acids is 1. The smallest absolute Gasteiger partial charge is 0.248 e. The van der Waals surface area contributed by atoms with Crippen molar-refractivity contribution in [1.29, 1.82) is 0 Å². The lowest BCUT2D eigenvalue weighted by molar-refractivity contribution is -0.111. The summed E-state index contributed by atoms with van der Waals surface area (Å²) >= 11 is 6.06. The number of hydrogen-bond donors (Lipinski definition) is 1. The first kappa shape index (κ1) is 15.6. The fraction of sp³-hybridized carbons (Fsp3) is 0.211. The lowest BCUT2D eigenvalue weighted by atomic mass is 10.2. The largest absolute Gasteiger partial charge is 0.372 e. The number of benzene rings is 2. The summed E-state index contributed by atoms with van der Waals surface area (Å²) < 4.78 is 0. The molecule has 1 amide bonds. The highest BCUT2D eigenvalue weighted by Gasteiger charge is 2.11. The molecule has 4 heteroatoms. The van der Waals surface area contributed by atoms with Crippen molar-refractivity contribution in [2.45, 2.75) is 12.8 Å². The minimum absolute atomic E-state index is 0.168. The second-order valence-corrected chi connectivity index (χ2v) is 5.99. The first-order valence-corrected chi connectivity index (χ1v) is 8.19. The van der Waals surface area contributed by atoms with E-state index in [9.17, 15) is 4.79 Å². The van der Waals surface area contributed by atoms with Gasteiger partial charge in [-0.3, -0.25) is 4.79 Å². The maximum Gasteiger partial charge on any atom is 0.248 e. The average molecular weight is 327 g/mol. The van der Waals surface area contributed by atoms with Crippen LogP contribution in [0.3, 0.4) is 0 Å². The van der Waals surface area contributed by atoms with Crippen LogP contribution in [0.25, 0.3) is 6.08 Å². The SMILES string of the molecule is O=C(/C=C/c1ccccc1Cl)Nc1ccc(N2CCCC2)cc1. The van der Waals surface area contributed by atoms with Gasteiger partial charge in [0.2, 0.25) is 5.91 Å². The topological polar surface area (TPSA) is 32.3 Å². The van der Waals surface area contributed by atoms with Crippen molar-refractivity contribution < 1.29 is 4.79 Å². The molecule has 1 aliphatic rings. The van der Waals surface area contributed by atoms with Crippen LogP contribution in [0.4, 0.5) is 11.4 Å². The van der Waals surface area contributed by atoms with E-state index in [2.05, 4.69) is 22.3 Å². The van der Waals surface area contributed by atoms with E-state index in [1.807, 2.05) is 30.3 Å². The zero-order valence-electron chi connectivity index (χ0n) is 12.8. The molecule has 0 bridgehead atoms. The quantitative estimate of drug-likeness (QED) is 0.833. The van der Waals surface area contributed by atoms with Crippen LogP contribution in [-0.2, 0) is 4.79 Å². The summed E-state index contributed by atoms with van der Waals surface area (Å²) in [5.74, 6) is -0.168. The van der Waals surface area contributed by atoms with Crippen LogP contribution in [0.15, 0.2) is 54.6 Å². The summed E-state index contributed by atoms with van der Waals surface area (Å²) in [7, 11) is 0. The van der Waals surface area contributed by atoms with Gasteiger partial charge in [-0.15, -0.1) is 0 Å². The van der Waals surface area contributed by atoms with Gasteiger partial charge in [-0.05, 0) is 54.8 Å². The monoisotopic (exact) mass is 326 g/mol. The predicted molar refractivity (Wildman–Crippen MR) is 97.0 cm³/mol. The first-order valence-electron chi connectivity index (χ1n) is 7.81. The number of amides is 1. The van der Waals surface area contributed by atoms with Crippen molar-refractivity contribution in [3.8, 4) is 0 Å². The van der Waals surface area contributed by atoms with Gasteiger partial charge >= 0.3 is 0 Å². The second-order valence-electron chi connectivity index (χ2n) is 5.59. The molecule has 2 aromatic carbocycles. The van der Waals surface area contributed by atoms with E-state index in [0.29, 0.717) is 5.02 Å². The van der Waals surface area contributed by atoms with Gasteiger partial charge < -0.3 is 10.2 Å². The fourth-order valence-electron chi connectivity index (χ4n) is 2.69. The highest BCUT2D eigenvalue weighted by atomic mass is 35.5. The molecule has 1 heterocycles. The van der Waals surface area contributed by atoms with Crippen molar-refractivity contribution >= 4 is 35.0 Å².